The maximum Gasteiger partial charge on any atom is 0.330 e. The molecule has 0 radical (unpaired) electrons. The van der Waals surface area contributed by atoms with E-state index in [1.807, 2.05) is 61.5 Å². The van der Waals surface area contributed by atoms with E-state index in [1.54, 1.807) is 4.90 Å². The molecule has 1 amide bonds. The van der Waals surface area contributed by atoms with Crippen LogP contribution < -0.4 is 27.2 Å². The summed E-state index contributed by atoms with van der Waals surface area (Å²) in [6, 6.07) is 17.3. The van der Waals surface area contributed by atoms with E-state index in [0.717, 1.165) is 17.5 Å². The number of aromatic nitrogens is 2. The zero-order valence-electron chi connectivity index (χ0n) is 20.4. The molecule has 0 aliphatic carbocycles. The van der Waals surface area contributed by atoms with Gasteiger partial charge in [0.15, 0.2) is 0 Å². The highest BCUT2D eigenvalue weighted by molar-refractivity contribution is 5.82. The number of carbonyl (C=O) groups is 1. The lowest BCUT2D eigenvalue weighted by Gasteiger charge is -2.26. The van der Waals surface area contributed by atoms with Crippen LogP contribution in [0.15, 0.2) is 64.2 Å². The second-order valence-electron chi connectivity index (χ2n) is 8.36. The highest BCUT2D eigenvalue weighted by atomic mass is 16.5. The highest BCUT2D eigenvalue weighted by Gasteiger charge is 2.22. The van der Waals surface area contributed by atoms with Gasteiger partial charge in [0.05, 0.1) is 25.7 Å². The van der Waals surface area contributed by atoms with E-state index in [9.17, 15) is 14.4 Å². The van der Waals surface area contributed by atoms with Crippen molar-refractivity contribution in [1.29, 1.82) is 0 Å². The Hall–Kier alpha value is -3.85. The second-order valence-corrected chi connectivity index (χ2v) is 8.36. The highest BCUT2D eigenvalue weighted by Crippen LogP contribution is 2.20. The summed E-state index contributed by atoms with van der Waals surface area (Å²) in [5, 5.41) is 3.00. The van der Waals surface area contributed by atoms with E-state index >= 15 is 0 Å². The van der Waals surface area contributed by atoms with Crippen molar-refractivity contribution in [3.8, 4) is 0 Å². The van der Waals surface area contributed by atoms with Crippen LogP contribution in [-0.2, 0) is 29.0 Å². The maximum absolute atomic E-state index is 13.1. The van der Waals surface area contributed by atoms with Gasteiger partial charge in [-0.25, -0.2) is 4.79 Å². The van der Waals surface area contributed by atoms with Gasteiger partial charge in [0, 0.05) is 13.7 Å². The first-order chi connectivity index (χ1) is 16.8. The van der Waals surface area contributed by atoms with Gasteiger partial charge in [0.1, 0.15) is 11.5 Å². The van der Waals surface area contributed by atoms with Gasteiger partial charge < -0.3 is 20.7 Å². The first-order valence-electron chi connectivity index (χ1n) is 11.6. The fraction of sp³-hybridized carbons (Fsp3) is 0.346. The van der Waals surface area contributed by atoms with Crippen LogP contribution in [0.3, 0.4) is 0 Å². The number of H-pyrrole nitrogens is 1. The van der Waals surface area contributed by atoms with Crippen LogP contribution in [0.1, 0.15) is 36.6 Å². The van der Waals surface area contributed by atoms with Gasteiger partial charge in [-0.1, -0.05) is 61.5 Å². The number of rotatable bonds is 11. The lowest BCUT2D eigenvalue weighted by atomic mass is 10.0. The monoisotopic (exact) mass is 479 g/mol. The van der Waals surface area contributed by atoms with Crippen LogP contribution in [-0.4, -0.2) is 35.7 Å². The standard InChI is InChI=1S/C26H33N5O4/c1-4-19-10-12-21(13-11-19)18(2)28-22(32)17-30(16-20-8-6-5-7-9-20)23-24(27)31(14-15-35-3)26(34)29-25(23)33/h5-13,18H,4,14-17,27H2,1-3H3,(H,28,32)(H,29,33,34). The molecule has 3 rings (SSSR count). The summed E-state index contributed by atoms with van der Waals surface area (Å²) in [5.41, 5.74) is 8.18. The summed E-state index contributed by atoms with van der Waals surface area (Å²) in [6.07, 6.45) is 0.942. The molecule has 186 valence electrons. The summed E-state index contributed by atoms with van der Waals surface area (Å²) < 4.78 is 6.31. The van der Waals surface area contributed by atoms with Gasteiger partial charge in [0.2, 0.25) is 5.91 Å². The average molecular weight is 480 g/mol. The summed E-state index contributed by atoms with van der Waals surface area (Å²) in [7, 11) is 1.51. The molecule has 1 heterocycles. The van der Waals surface area contributed by atoms with Crippen molar-refractivity contribution in [2.24, 2.45) is 0 Å². The van der Waals surface area contributed by atoms with Gasteiger partial charge in [-0.05, 0) is 30.0 Å². The molecular formula is C26H33N5O4. The van der Waals surface area contributed by atoms with Crippen molar-refractivity contribution in [2.45, 2.75) is 39.4 Å². The quantitative estimate of drug-likeness (QED) is 0.388. The predicted octanol–water partition coefficient (Wildman–Crippen LogP) is 2.21. The largest absolute Gasteiger partial charge is 0.383 e. The molecule has 2 aromatic carbocycles. The van der Waals surface area contributed by atoms with E-state index in [-0.39, 0.29) is 49.7 Å². The Morgan fingerprint density at radius 1 is 1.11 bits per heavy atom. The summed E-state index contributed by atoms with van der Waals surface area (Å²) in [4.78, 5) is 42.2. The number of anilines is 2. The number of nitrogens with zero attached hydrogens (tertiary/aromatic N) is 2. The van der Waals surface area contributed by atoms with Crippen LogP contribution in [0.4, 0.5) is 11.5 Å². The molecule has 0 spiro atoms. The van der Waals surface area contributed by atoms with Crippen LogP contribution >= 0.6 is 0 Å². The Bertz CT molecular complexity index is 1240. The van der Waals surface area contributed by atoms with Crippen LogP contribution in [0.25, 0.3) is 0 Å². The first kappa shape index (κ1) is 25.8. The third-order valence-electron chi connectivity index (χ3n) is 5.87. The van der Waals surface area contributed by atoms with Gasteiger partial charge in [0.25, 0.3) is 5.56 Å². The number of carbonyl (C=O) groups excluding carboxylic acids is 1. The Kier molecular flexibility index (Phi) is 8.86. The fourth-order valence-corrected chi connectivity index (χ4v) is 3.89. The molecule has 3 aromatic rings. The maximum atomic E-state index is 13.1. The molecule has 1 aromatic heterocycles. The van der Waals surface area contributed by atoms with Crippen LogP contribution in [0.5, 0.6) is 0 Å². The minimum absolute atomic E-state index is 0.0114. The Labute approximate surface area is 204 Å². The zero-order chi connectivity index (χ0) is 25.4. The van der Waals surface area contributed by atoms with Crippen molar-refractivity contribution in [3.05, 3.63) is 92.1 Å². The Balaban J connectivity index is 1.89. The molecule has 0 fully saturated rings. The number of benzene rings is 2. The van der Waals surface area contributed by atoms with Gasteiger partial charge in [-0.3, -0.25) is 19.1 Å². The van der Waals surface area contributed by atoms with Crippen molar-refractivity contribution in [3.63, 3.8) is 0 Å². The molecule has 35 heavy (non-hydrogen) atoms. The normalized spacial score (nSPS) is 11.7. The second kappa shape index (κ2) is 12.0. The van der Waals surface area contributed by atoms with E-state index in [4.69, 9.17) is 10.5 Å². The molecule has 9 heteroatoms. The van der Waals surface area contributed by atoms with Gasteiger partial charge in [-0.2, -0.15) is 0 Å². The van der Waals surface area contributed by atoms with Crippen molar-refractivity contribution in [2.75, 3.05) is 30.9 Å². The number of nitrogen functional groups attached to an aromatic ring is 1. The number of nitrogens with two attached hydrogens (primary N) is 1. The molecule has 1 unspecified atom stereocenters. The number of aromatic amines is 1. The first-order valence-corrected chi connectivity index (χ1v) is 11.6. The van der Waals surface area contributed by atoms with E-state index in [0.29, 0.717) is 0 Å². The summed E-state index contributed by atoms with van der Waals surface area (Å²) in [5.74, 6) is -0.288. The van der Waals surface area contributed by atoms with E-state index in [2.05, 4.69) is 17.2 Å². The minimum atomic E-state index is -0.645. The zero-order valence-corrected chi connectivity index (χ0v) is 20.4. The summed E-state index contributed by atoms with van der Waals surface area (Å²) >= 11 is 0. The molecule has 0 aliphatic heterocycles. The molecule has 0 aliphatic rings. The third-order valence-corrected chi connectivity index (χ3v) is 5.87. The minimum Gasteiger partial charge on any atom is -0.383 e. The Morgan fingerprint density at radius 3 is 2.43 bits per heavy atom. The number of amides is 1. The molecule has 0 saturated heterocycles. The van der Waals surface area contributed by atoms with E-state index < -0.39 is 11.2 Å². The number of nitrogens with one attached hydrogen (secondary N) is 2. The number of hydrogen-bond acceptors (Lipinski definition) is 6. The SMILES string of the molecule is CCc1ccc(C(C)NC(=O)CN(Cc2ccccc2)c2c(N)n(CCOC)c(=O)[nH]c2=O)cc1. The molecule has 0 bridgehead atoms. The van der Waals surface area contributed by atoms with Crippen molar-refractivity contribution >= 4 is 17.4 Å². The number of methoxy groups -OCH3 is 1. The Morgan fingerprint density at radius 2 is 1.80 bits per heavy atom. The number of ether oxygens (including phenoxy) is 1. The van der Waals surface area contributed by atoms with Gasteiger partial charge in [-0.15, -0.1) is 0 Å². The van der Waals surface area contributed by atoms with Gasteiger partial charge >= 0.3 is 5.69 Å². The van der Waals surface area contributed by atoms with Crippen LogP contribution in [0.2, 0.25) is 0 Å². The molecule has 0 saturated carbocycles. The molecule has 1 atom stereocenters. The number of aryl methyl sites for hydroxylation is 1. The average Bonchev–Trinajstić information content (AvgIpc) is 2.84. The third kappa shape index (κ3) is 6.60. The topological polar surface area (TPSA) is 122 Å². The molecular weight excluding hydrogens is 446 g/mol. The van der Waals surface area contributed by atoms with Crippen molar-refractivity contribution < 1.29 is 9.53 Å². The fourth-order valence-electron chi connectivity index (χ4n) is 3.89. The lowest BCUT2D eigenvalue weighted by molar-refractivity contribution is -0.120. The lowest BCUT2D eigenvalue weighted by Crippen LogP contribution is -2.43. The van der Waals surface area contributed by atoms with E-state index in [1.165, 1.54) is 17.2 Å². The van der Waals surface area contributed by atoms with Crippen LogP contribution in [0, 0.1) is 0 Å². The van der Waals surface area contributed by atoms with Crippen molar-refractivity contribution in [1.82, 2.24) is 14.9 Å². The number of hydrogen-bond donors (Lipinski definition) is 3. The summed E-state index contributed by atoms with van der Waals surface area (Å²) in [6.45, 7) is 4.54. The molecule has 9 nitrogen and oxygen atoms in total. The molecule has 4 N–H and O–H groups in total. The predicted molar refractivity (Wildman–Crippen MR) is 137 cm³/mol. The smallest absolute Gasteiger partial charge is 0.330 e.